The van der Waals surface area contributed by atoms with Gasteiger partial charge in [-0.2, -0.15) is 0 Å². The zero-order valence-corrected chi connectivity index (χ0v) is 16.3. The number of carboxylic acids is 2. The van der Waals surface area contributed by atoms with Crippen molar-refractivity contribution in [1.82, 2.24) is 0 Å². The molecular formula is C18H18O4Zn. The number of benzene rings is 2. The van der Waals surface area contributed by atoms with Crippen molar-refractivity contribution >= 4 is 11.9 Å². The van der Waals surface area contributed by atoms with Gasteiger partial charge in [-0.25, -0.2) is 0 Å². The number of hydrogen-bond donors (Lipinski definition) is 0. The molecule has 0 saturated heterocycles. The average Bonchev–Trinajstić information content (AvgIpc) is 2.55. The number of aromatic carboxylic acids is 2. The third-order valence-corrected chi connectivity index (χ3v) is 3.14. The van der Waals surface area contributed by atoms with Crippen LogP contribution in [0, 0.1) is 0 Å². The van der Waals surface area contributed by atoms with E-state index >= 15 is 0 Å². The quantitative estimate of drug-likeness (QED) is 0.765. The number of carbonyl (C=O) groups is 2. The van der Waals surface area contributed by atoms with Gasteiger partial charge in [0.15, 0.2) is 0 Å². The third-order valence-electron chi connectivity index (χ3n) is 3.14. The van der Waals surface area contributed by atoms with Gasteiger partial charge in [0.25, 0.3) is 0 Å². The fraction of sp³-hybridized carbons (Fsp3) is 0.222. The second kappa shape index (κ2) is 10.7. The van der Waals surface area contributed by atoms with E-state index in [4.69, 9.17) is 0 Å². The van der Waals surface area contributed by atoms with E-state index in [9.17, 15) is 19.8 Å². The smallest absolute Gasteiger partial charge is 0.545 e. The zero-order valence-electron chi connectivity index (χ0n) is 13.4. The van der Waals surface area contributed by atoms with Crippen LogP contribution >= 0.6 is 0 Å². The second-order valence-electron chi connectivity index (χ2n) is 4.68. The van der Waals surface area contributed by atoms with E-state index in [1.807, 2.05) is 26.0 Å². The molecule has 0 atom stereocenters. The summed E-state index contributed by atoms with van der Waals surface area (Å²) < 4.78 is 0. The first kappa shape index (κ1) is 21.0. The second-order valence-corrected chi connectivity index (χ2v) is 4.68. The van der Waals surface area contributed by atoms with Crippen molar-refractivity contribution in [1.29, 1.82) is 0 Å². The van der Waals surface area contributed by atoms with Crippen molar-refractivity contribution in [2.24, 2.45) is 0 Å². The maximum Gasteiger partial charge on any atom is 2.00 e. The van der Waals surface area contributed by atoms with E-state index in [2.05, 4.69) is 0 Å². The van der Waals surface area contributed by atoms with Crippen molar-refractivity contribution in [3.63, 3.8) is 0 Å². The number of rotatable bonds is 4. The normalized spacial score (nSPS) is 9.13. The Morgan fingerprint density at radius 2 is 1.13 bits per heavy atom. The first-order valence-electron chi connectivity index (χ1n) is 7.08. The molecule has 0 bridgehead atoms. The molecule has 23 heavy (non-hydrogen) atoms. The number of carbonyl (C=O) groups excluding carboxylic acids is 2. The van der Waals surface area contributed by atoms with Crippen molar-refractivity contribution in [2.75, 3.05) is 0 Å². The van der Waals surface area contributed by atoms with E-state index in [0.29, 0.717) is 0 Å². The first-order chi connectivity index (χ1) is 10.5. The predicted molar refractivity (Wildman–Crippen MR) is 80.3 cm³/mol. The molecule has 0 radical (unpaired) electrons. The molecule has 0 saturated carbocycles. The van der Waals surface area contributed by atoms with Gasteiger partial charge in [0, 0.05) is 0 Å². The van der Waals surface area contributed by atoms with E-state index < -0.39 is 11.9 Å². The average molecular weight is 364 g/mol. The SMILES string of the molecule is CCc1cccc(C(=O)[O-])c1.CCc1cccc(C(=O)[O-])c1.[Zn+2]. The topological polar surface area (TPSA) is 80.3 Å². The van der Waals surface area contributed by atoms with Crippen LogP contribution in [0.5, 0.6) is 0 Å². The van der Waals surface area contributed by atoms with Crippen LogP contribution in [0.25, 0.3) is 0 Å². The number of carboxylic acid groups (broad SMARTS) is 2. The van der Waals surface area contributed by atoms with Crippen LogP contribution in [0.1, 0.15) is 45.7 Å². The van der Waals surface area contributed by atoms with Gasteiger partial charge in [0.1, 0.15) is 0 Å². The van der Waals surface area contributed by atoms with Crippen LogP contribution in [-0.2, 0) is 32.3 Å². The summed E-state index contributed by atoms with van der Waals surface area (Å²) in [5.41, 5.74) is 2.55. The van der Waals surface area contributed by atoms with Crippen molar-refractivity contribution in [3.05, 3.63) is 70.8 Å². The molecule has 116 valence electrons. The molecule has 2 aromatic rings. The van der Waals surface area contributed by atoms with Crippen molar-refractivity contribution < 1.29 is 39.3 Å². The van der Waals surface area contributed by atoms with Crippen LogP contribution in [0.15, 0.2) is 48.5 Å². The minimum atomic E-state index is -1.11. The van der Waals surface area contributed by atoms with Gasteiger partial charge in [-0.05, 0) is 47.2 Å². The summed E-state index contributed by atoms with van der Waals surface area (Å²) >= 11 is 0. The summed E-state index contributed by atoms with van der Waals surface area (Å²) in [6, 6.07) is 13.6. The summed E-state index contributed by atoms with van der Waals surface area (Å²) in [6.07, 6.45) is 1.70. The Morgan fingerprint density at radius 1 is 0.783 bits per heavy atom. The van der Waals surface area contributed by atoms with Gasteiger partial charge < -0.3 is 19.8 Å². The summed E-state index contributed by atoms with van der Waals surface area (Å²) in [6.45, 7) is 3.96. The van der Waals surface area contributed by atoms with E-state index in [1.165, 1.54) is 12.1 Å². The number of aryl methyl sites for hydroxylation is 2. The maximum absolute atomic E-state index is 10.4. The summed E-state index contributed by atoms with van der Waals surface area (Å²) in [7, 11) is 0. The molecule has 0 aliphatic carbocycles. The van der Waals surface area contributed by atoms with Gasteiger partial charge in [-0.3, -0.25) is 0 Å². The molecule has 0 unspecified atom stereocenters. The molecule has 2 aromatic carbocycles. The minimum absolute atomic E-state index is 0. The van der Waals surface area contributed by atoms with Crippen LogP contribution in [0.4, 0.5) is 0 Å². The molecule has 4 nitrogen and oxygen atoms in total. The van der Waals surface area contributed by atoms with E-state index in [1.54, 1.807) is 24.3 Å². The van der Waals surface area contributed by atoms with Gasteiger partial charge >= 0.3 is 19.5 Å². The molecule has 5 heteroatoms. The standard InChI is InChI=1S/2C9H10O2.Zn/c2*1-2-7-4-3-5-8(6-7)9(10)11;/h2*3-6H,2H2,1H3,(H,10,11);/q;;+2/p-2. The Morgan fingerprint density at radius 3 is 1.39 bits per heavy atom. The molecule has 0 aromatic heterocycles. The zero-order chi connectivity index (χ0) is 16.5. The van der Waals surface area contributed by atoms with Crippen LogP contribution in [0.2, 0.25) is 0 Å². The van der Waals surface area contributed by atoms with Crippen LogP contribution < -0.4 is 10.2 Å². The van der Waals surface area contributed by atoms with Crippen LogP contribution in [-0.4, -0.2) is 11.9 Å². The molecule has 2 rings (SSSR count). The molecule has 0 spiro atoms. The van der Waals surface area contributed by atoms with Crippen LogP contribution in [0.3, 0.4) is 0 Å². The van der Waals surface area contributed by atoms with Gasteiger partial charge in [-0.15, -0.1) is 0 Å². The Hall–Kier alpha value is -2.00. The fourth-order valence-electron chi connectivity index (χ4n) is 1.84. The first-order valence-corrected chi connectivity index (χ1v) is 7.08. The molecule has 0 aliphatic rings. The molecule has 0 N–H and O–H groups in total. The molecule has 0 heterocycles. The predicted octanol–water partition coefficient (Wildman–Crippen LogP) is 1.22. The van der Waals surface area contributed by atoms with E-state index in [0.717, 1.165) is 24.0 Å². The van der Waals surface area contributed by atoms with Gasteiger partial charge in [0.05, 0.1) is 11.9 Å². The Bertz CT molecular complexity index is 595. The number of hydrogen-bond acceptors (Lipinski definition) is 4. The Labute approximate surface area is 148 Å². The van der Waals surface area contributed by atoms with E-state index in [-0.39, 0.29) is 30.6 Å². The maximum atomic E-state index is 10.4. The van der Waals surface area contributed by atoms with Gasteiger partial charge in [-0.1, -0.05) is 50.2 Å². The van der Waals surface area contributed by atoms with Gasteiger partial charge in [0.2, 0.25) is 0 Å². The van der Waals surface area contributed by atoms with Crippen molar-refractivity contribution in [2.45, 2.75) is 26.7 Å². The Balaban J connectivity index is 0.000000403. The minimum Gasteiger partial charge on any atom is -0.545 e. The monoisotopic (exact) mass is 362 g/mol. The molecule has 0 amide bonds. The third kappa shape index (κ3) is 7.20. The Kier molecular flexibility index (Phi) is 9.76. The molecular weight excluding hydrogens is 346 g/mol. The molecule has 0 fully saturated rings. The van der Waals surface area contributed by atoms with Crippen molar-refractivity contribution in [3.8, 4) is 0 Å². The molecule has 0 aliphatic heterocycles. The fourth-order valence-corrected chi connectivity index (χ4v) is 1.84. The summed E-state index contributed by atoms with van der Waals surface area (Å²) in [5.74, 6) is -2.22. The summed E-state index contributed by atoms with van der Waals surface area (Å²) in [4.78, 5) is 20.7. The largest absolute Gasteiger partial charge is 2.00 e. The summed E-state index contributed by atoms with van der Waals surface area (Å²) in [5, 5.41) is 20.7.